The van der Waals surface area contributed by atoms with Crippen LogP contribution in [0.15, 0.2) is 29.6 Å². The number of thiazole rings is 1. The molecule has 0 aliphatic carbocycles. The Labute approximate surface area is 156 Å². The highest BCUT2D eigenvalue weighted by atomic mass is 35.5. The van der Waals surface area contributed by atoms with Crippen molar-refractivity contribution in [2.24, 2.45) is 0 Å². The van der Waals surface area contributed by atoms with Crippen LogP contribution in [0.4, 0.5) is 0 Å². The Morgan fingerprint density at radius 3 is 2.80 bits per heavy atom. The minimum Gasteiger partial charge on any atom is -0.391 e. The quantitative estimate of drug-likeness (QED) is 0.683. The zero-order valence-corrected chi connectivity index (χ0v) is 15.9. The van der Waals surface area contributed by atoms with Gasteiger partial charge in [0.05, 0.1) is 29.8 Å². The zero-order valence-electron chi connectivity index (χ0n) is 14.3. The van der Waals surface area contributed by atoms with Crippen molar-refractivity contribution in [1.82, 2.24) is 19.7 Å². The van der Waals surface area contributed by atoms with E-state index in [1.165, 1.54) is 0 Å². The molecule has 0 saturated heterocycles. The molecule has 0 radical (unpaired) electrons. The minimum absolute atomic E-state index is 0.434. The molecule has 0 aliphatic rings. The van der Waals surface area contributed by atoms with Gasteiger partial charge in [-0.15, -0.1) is 11.3 Å². The van der Waals surface area contributed by atoms with Gasteiger partial charge in [0.1, 0.15) is 5.82 Å². The Morgan fingerprint density at radius 1 is 1.28 bits per heavy atom. The summed E-state index contributed by atoms with van der Waals surface area (Å²) >= 11 is 7.68. The van der Waals surface area contributed by atoms with E-state index in [1.807, 2.05) is 48.2 Å². The lowest BCUT2D eigenvalue weighted by Gasteiger charge is -2.09. The molecule has 2 aromatic heterocycles. The predicted molar refractivity (Wildman–Crippen MR) is 100 cm³/mol. The zero-order chi connectivity index (χ0) is 17.8. The van der Waals surface area contributed by atoms with Crippen LogP contribution in [-0.2, 0) is 19.4 Å². The highest BCUT2D eigenvalue weighted by Crippen LogP contribution is 2.16. The average molecular weight is 377 g/mol. The number of aromatic nitrogens is 4. The van der Waals surface area contributed by atoms with E-state index in [4.69, 9.17) is 11.6 Å². The Morgan fingerprint density at radius 2 is 2.12 bits per heavy atom. The fraction of sp³-hybridized carbons (Fsp3) is 0.389. The molecule has 1 aromatic carbocycles. The van der Waals surface area contributed by atoms with Crippen LogP contribution in [-0.4, -0.2) is 31.0 Å². The van der Waals surface area contributed by atoms with Crippen LogP contribution in [0.25, 0.3) is 0 Å². The maximum atomic E-state index is 10.0. The molecule has 0 saturated carbocycles. The van der Waals surface area contributed by atoms with E-state index in [0.29, 0.717) is 30.8 Å². The topological polar surface area (TPSA) is 63.8 Å². The summed E-state index contributed by atoms with van der Waals surface area (Å²) in [7, 11) is 0. The molecule has 3 rings (SSSR count). The number of aliphatic hydroxyl groups excluding tert-OH is 1. The molecule has 0 amide bonds. The van der Waals surface area contributed by atoms with Crippen LogP contribution < -0.4 is 0 Å². The van der Waals surface area contributed by atoms with Gasteiger partial charge in [0.15, 0.2) is 5.82 Å². The number of benzene rings is 1. The van der Waals surface area contributed by atoms with Crippen molar-refractivity contribution in [2.75, 3.05) is 0 Å². The van der Waals surface area contributed by atoms with Crippen LogP contribution in [0.1, 0.15) is 41.3 Å². The maximum Gasteiger partial charge on any atom is 0.155 e. The fourth-order valence-electron chi connectivity index (χ4n) is 2.59. The molecule has 0 bridgehead atoms. The van der Waals surface area contributed by atoms with E-state index >= 15 is 0 Å². The molecule has 0 aliphatic heterocycles. The summed E-state index contributed by atoms with van der Waals surface area (Å²) in [4.78, 5) is 9.20. The lowest BCUT2D eigenvalue weighted by molar-refractivity contribution is 0.144. The van der Waals surface area contributed by atoms with Crippen LogP contribution in [0.5, 0.6) is 0 Å². The van der Waals surface area contributed by atoms with Gasteiger partial charge in [-0.05, 0) is 31.0 Å². The molecule has 132 valence electrons. The first-order chi connectivity index (χ1) is 12.0. The van der Waals surface area contributed by atoms with Gasteiger partial charge in [-0.25, -0.2) is 14.6 Å². The Kier molecular flexibility index (Phi) is 5.83. The molecule has 5 nitrogen and oxygen atoms in total. The number of aryl methyl sites for hydroxylation is 1. The summed E-state index contributed by atoms with van der Waals surface area (Å²) in [6.07, 6.45) is 1.47. The standard InChI is InChI=1S/C18H21ClN4OS/c1-3-16(24)10-23-18(9-15-11-25-12(2)20-15)21-17(22-23)8-13-5-4-6-14(19)7-13/h4-7,11,16,24H,3,8-10H2,1-2H3/t16-/m0/s1. The Bertz CT molecular complexity index is 845. The van der Waals surface area contributed by atoms with Gasteiger partial charge in [0.25, 0.3) is 0 Å². The Hall–Kier alpha value is -1.76. The fourth-order valence-corrected chi connectivity index (χ4v) is 3.41. The number of aliphatic hydroxyl groups is 1. The molecular formula is C18H21ClN4OS. The molecular weight excluding hydrogens is 356 g/mol. The van der Waals surface area contributed by atoms with Gasteiger partial charge in [0, 0.05) is 16.8 Å². The molecule has 25 heavy (non-hydrogen) atoms. The van der Waals surface area contributed by atoms with E-state index in [2.05, 4.69) is 15.1 Å². The molecule has 1 N–H and O–H groups in total. The molecule has 7 heteroatoms. The molecule has 0 spiro atoms. The van der Waals surface area contributed by atoms with Crippen LogP contribution in [0.3, 0.4) is 0 Å². The van der Waals surface area contributed by atoms with E-state index < -0.39 is 6.10 Å². The summed E-state index contributed by atoms with van der Waals surface area (Å²) < 4.78 is 1.81. The smallest absolute Gasteiger partial charge is 0.155 e. The highest BCUT2D eigenvalue weighted by molar-refractivity contribution is 7.09. The first kappa shape index (κ1) is 18.0. The highest BCUT2D eigenvalue weighted by Gasteiger charge is 2.15. The van der Waals surface area contributed by atoms with Gasteiger partial charge in [-0.3, -0.25) is 0 Å². The van der Waals surface area contributed by atoms with Crippen LogP contribution >= 0.6 is 22.9 Å². The van der Waals surface area contributed by atoms with Crippen molar-refractivity contribution >= 4 is 22.9 Å². The summed E-state index contributed by atoms with van der Waals surface area (Å²) in [5, 5.41) is 18.4. The molecule has 2 heterocycles. The number of halogens is 1. The second kappa shape index (κ2) is 8.08. The SMILES string of the molecule is CC[C@H](O)Cn1nc(Cc2cccc(Cl)c2)nc1Cc1csc(C)n1. The summed E-state index contributed by atoms with van der Waals surface area (Å²) in [5.74, 6) is 1.56. The van der Waals surface area contributed by atoms with Gasteiger partial charge in [-0.1, -0.05) is 30.7 Å². The van der Waals surface area contributed by atoms with Crippen LogP contribution in [0, 0.1) is 6.92 Å². The second-order valence-corrected chi connectivity index (χ2v) is 7.53. The van der Waals surface area contributed by atoms with Crippen molar-refractivity contribution in [1.29, 1.82) is 0 Å². The minimum atomic E-state index is -0.434. The number of nitrogens with zero attached hydrogens (tertiary/aromatic N) is 4. The number of rotatable bonds is 7. The third-order valence-corrected chi connectivity index (χ3v) is 4.96. The third kappa shape index (κ3) is 4.87. The first-order valence-electron chi connectivity index (χ1n) is 8.29. The van der Waals surface area contributed by atoms with Gasteiger partial charge >= 0.3 is 0 Å². The summed E-state index contributed by atoms with van der Waals surface area (Å²) in [6.45, 7) is 4.39. The largest absolute Gasteiger partial charge is 0.391 e. The van der Waals surface area contributed by atoms with Crippen LogP contribution in [0.2, 0.25) is 5.02 Å². The number of hydrogen-bond donors (Lipinski definition) is 1. The van der Waals surface area contributed by atoms with Gasteiger partial charge < -0.3 is 5.11 Å². The average Bonchev–Trinajstić information content (AvgIpc) is 3.14. The monoisotopic (exact) mass is 376 g/mol. The van der Waals surface area contributed by atoms with Crippen molar-refractivity contribution in [3.05, 3.63) is 62.6 Å². The van der Waals surface area contributed by atoms with E-state index in [1.54, 1.807) is 11.3 Å². The number of hydrogen-bond acceptors (Lipinski definition) is 5. The lowest BCUT2D eigenvalue weighted by Crippen LogP contribution is -2.18. The molecule has 3 aromatic rings. The molecule has 0 fully saturated rings. The summed E-state index contributed by atoms with van der Waals surface area (Å²) in [5.41, 5.74) is 2.05. The Balaban J connectivity index is 1.85. The second-order valence-electron chi connectivity index (χ2n) is 6.03. The van der Waals surface area contributed by atoms with Gasteiger partial charge in [-0.2, -0.15) is 5.10 Å². The molecule has 0 unspecified atom stereocenters. The van der Waals surface area contributed by atoms with Crippen molar-refractivity contribution < 1.29 is 5.11 Å². The summed E-state index contributed by atoms with van der Waals surface area (Å²) in [6, 6.07) is 7.71. The van der Waals surface area contributed by atoms with Crippen molar-refractivity contribution in [2.45, 2.75) is 45.8 Å². The maximum absolute atomic E-state index is 10.0. The predicted octanol–water partition coefficient (Wildman–Crippen LogP) is 3.65. The van der Waals surface area contributed by atoms with Crippen molar-refractivity contribution in [3.63, 3.8) is 0 Å². The van der Waals surface area contributed by atoms with Crippen molar-refractivity contribution in [3.8, 4) is 0 Å². The third-order valence-electron chi connectivity index (χ3n) is 3.90. The first-order valence-corrected chi connectivity index (χ1v) is 9.55. The van der Waals surface area contributed by atoms with E-state index in [9.17, 15) is 5.11 Å². The lowest BCUT2D eigenvalue weighted by atomic mass is 10.1. The van der Waals surface area contributed by atoms with Gasteiger partial charge in [0.2, 0.25) is 0 Å². The van der Waals surface area contributed by atoms with E-state index in [-0.39, 0.29) is 0 Å². The molecule has 1 atom stereocenters. The van der Waals surface area contributed by atoms with E-state index in [0.717, 1.165) is 27.9 Å². The normalized spacial score (nSPS) is 12.5.